The molecule has 0 amide bonds. The van der Waals surface area contributed by atoms with Gasteiger partial charge < -0.3 is 14.2 Å². The summed E-state index contributed by atoms with van der Waals surface area (Å²) in [6.45, 7) is 9.12. The number of unbranched alkanes of at least 4 members (excludes halogenated alkanes) is 44. The first-order valence-corrected chi connectivity index (χ1v) is 31.4. The average molecular weight is 976 g/mol. The third-order valence-corrected chi connectivity index (χ3v) is 14.9. The third-order valence-electron chi connectivity index (χ3n) is 14.9. The van der Waals surface area contributed by atoms with E-state index in [4.69, 9.17) is 14.2 Å². The van der Waals surface area contributed by atoms with Crippen LogP contribution in [0.3, 0.4) is 0 Å². The van der Waals surface area contributed by atoms with E-state index in [1.165, 1.54) is 257 Å². The molecule has 0 saturated heterocycles. The van der Waals surface area contributed by atoms with Crippen LogP contribution in [0.2, 0.25) is 0 Å². The van der Waals surface area contributed by atoms with Crippen LogP contribution in [-0.2, 0) is 28.6 Å². The van der Waals surface area contributed by atoms with Crippen LogP contribution in [0.4, 0.5) is 0 Å². The van der Waals surface area contributed by atoms with Gasteiger partial charge in [-0.1, -0.05) is 323 Å². The molecule has 0 heterocycles. The van der Waals surface area contributed by atoms with E-state index < -0.39 is 6.10 Å². The maximum absolute atomic E-state index is 12.9. The van der Waals surface area contributed by atoms with Crippen molar-refractivity contribution in [1.29, 1.82) is 0 Å². The molecule has 0 aromatic heterocycles. The second kappa shape index (κ2) is 57.3. The smallest absolute Gasteiger partial charge is 0.306 e. The van der Waals surface area contributed by atoms with E-state index >= 15 is 0 Å². The maximum atomic E-state index is 12.9. The minimum Gasteiger partial charge on any atom is -0.462 e. The van der Waals surface area contributed by atoms with Crippen molar-refractivity contribution in [2.24, 2.45) is 5.92 Å². The standard InChI is InChI=1S/C63H122O6/c1-5-8-10-12-14-16-18-20-26-31-34-38-42-46-50-54-61(64)67-57-60(69-63(66)56-52-48-44-40-36-30-21-19-17-15-13-11-9-6-2)58-68-62(65)55-51-47-43-39-35-32-28-25-23-22-24-27-29-33-37-41-45-49-53-59(4)7-3/h59-60H,5-58H2,1-4H3/t59?,60-/m0/s1. The van der Waals surface area contributed by atoms with Crippen molar-refractivity contribution in [3.8, 4) is 0 Å². The molecule has 0 aromatic carbocycles. The summed E-state index contributed by atoms with van der Waals surface area (Å²) in [5, 5.41) is 0. The van der Waals surface area contributed by atoms with Gasteiger partial charge >= 0.3 is 17.9 Å². The van der Waals surface area contributed by atoms with Crippen molar-refractivity contribution >= 4 is 17.9 Å². The highest BCUT2D eigenvalue weighted by molar-refractivity contribution is 5.71. The van der Waals surface area contributed by atoms with E-state index in [1.54, 1.807) is 0 Å². The van der Waals surface area contributed by atoms with Crippen molar-refractivity contribution in [2.45, 2.75) is 368 Å². The summed E-state index contributed by atoms with van der Waals surface area (Å²) in [6, 6.07) is 0. The highest BCUT2D eigenvalue weighted by Crippen LogP contribution is 2.19. The Morgan fingerprint density at radius 2 is 0.507 bits per heavy atom. The molecule has 0 rings (SSSR count). The first kappa shape index (κ1) is 67.4. The summed E-state index contributed by atoms with van der Waals surface area (Å²) in [4.78, 5) is 38.2. The number of hydrogen-bond donors (Lipinski definition) is 0. The summed E-state index contributed by atoms with van der Waals surface area (Å²) >= 11 is 0. The lowest BCUT2D eigenvalue weighted by atomic mass is 9.99. The fourth-order valence-corrected chi connectivity index (χ4v) is 9.78. The highest BCUT2D eigenvalue weighted by Gasteiger charge is 2.19. The van der Waals surface area contributed by atoms with Crippen molar-refractivity contribution in [3.05, 3.63) is 0 Å². The van der Waals surface area contributed by atoms with E-state index in [2.05, 4.69) is 27.7 Å². The second-order valence-electron chi connectivity index (χ2n) is 21.9. The van der Waals surface area contributed by atoms with Crippen LogP contribution in [0, 0.1) is 5.92 Å². The Kier molecular flexibility index (Phi) is 56.0. The Morgan fingerprint density at radius 1 is 0.290 bits per heavy atom. The first-order valence-electron chi connectivity index (χ1n) is 31.4. The Balaban J connectivity index is 4.23. The molecule has 0 bridgehead atoms. The zero-order valence-corrected chi connectivity index (χ0v) is 47.3. The van der Waals surface area contributed by atoms with Gasteiger partial charge in [0.25, 0.3) is 0 Å². The SMILES string of the molecule is CCCCCCCCCCCCCCCCCC(=O)OC[C@@H](COC(=O)CCCCCCCCCCCCCCCCCCCCC(C)CC)OC(=O)CCCCCCCCCCCCCCCC. The summed E-state index contributed by atoms with van der Waals surface area (Å²) in [6.07, 6.45) is 63.8. The van der Waals surface area contributed by atoms with E-state index in [9.17, 15) is 14.4 Å². The molecule has 69 heavy (non-hydrogen) atoms. The van der Waals surface area contributed by atoms with Gasteiger partial charge in [-0.2, -0.15) is 0 Å². The summed E-state index contributed by atoms with van der Waals surface area (Å²) in [5.41, 5.74) is 0. The Morgan fingerprint density at radius 3 is 0.754 bits per heavy atom. The molecule has 0 radical (unpaired) electrons. The first-order chi connectivity index (χ1) is 33.9. The van der Waals surface area contributed by atoms with Crippen LogP contribution in [0.25, 0.3) is 0 Å². The largest absolute Gasteiger partial charge is 0.462 e. The minimum absolute atomic E-state index is 0.0612. The van der Waals surface area contributed by atoms with E-state index in [0.29, 0.717) is 19.3 Å². The highest BCUT2D eigenvalue weighted by atomic mass is 16.6. The van der Waals surface area contributed by atoms with Gasteiger partial charge in [-0.25, -0.2) is 0 Å². The van der Waals surface area contributed by atoms with Gasteiger partial charge in [0, 0.05) is 19.3 Å². The summed E-state index contributed by atoms with van der Waals surface area (Å²) in [5.74, 6) is 0.0811. The lowest BCUT2D eigenvalue weighted by molar-refractivity contribution is -0.167. The zero-order chi connectivity index (χ0) is 50.2. The Hall–Kier alpha value is -1.59. The third kappa shape index (κ3) is 55.6. The molecule has 0 spiro atoms. The van der Waals surface area contributed by atoms with Gasteiger partial charge in [-0.05, 0) is 25.2 Å². The van der Waals surface area contributed by atoms with Crippen LogP contribution in [0.1, 0.15) is 362 Å². The van der Waals surface area contributed by atoms with Crippen LogP contribution in [0.15, 0.2) is 0 Å². The van der Waals surface area contributed by atoms with Crippen LogP contribution < -0.4 is 0 Å². The number of rotatable bonds is 58. The lowest BCUT2D eigenvalue weighted by Crippen LogP contribution is -2.30. The van der Waals surface area contributed by atoms with Crippen LogP contribution >= 0.6 is 0 Å². The molecule has 0 fully saturated rings. The second-order valence-corrected chi connectivity index (χ2v) is 21.9. The number of carbonyl (C=O) groups excluding carboxylic acids is 3. The fourth-order valence-electron chi connectivity index (χ4n) is 9.78. The molecular weight excluding hydrogens is 853 g/mol. The molecule has 1 unspecified atom stereocenters. The van der Waals surface area contributed by atoms with Gasteiger partial charge in [-0.3, -0.25) is 14.4 Å². The minimum atomic E-state index is -0.762. The fraction of sp³-hybridized carbons (Fsp3) is 0.952. The number of carbonyl (C=O) groups is 3. The van der Waals surface area contributed by atoms with E-state index in [0.717, 1.165) is 63.7 Å². The molecule has 6 nitrogen and oxygen atoms in total. The molecule has 0 aliphatic rings. The van der Waals surface area contributed by atoms with Crippen LogP contribution in [0.5, 0.6) is 0 Å². The monoisotopic (exact) mass is 975 g/mol. The quantitative estimate of drug-likeness (QED) is 0.0343. The van der Waals surface area contributed by atoms with Gasteiger partial charge in [0.15, 0.2) is 6.10 Å². The van der Waals surface area contributed by atoms with E-state index in [-0.39, 0.29) is 31.1 Å². The maximum Gasteiger partial charge on any atom is 0.306 e. The molecule has 6 heteroatoms. The molecule has 0 saturated carbocycles. The predicted molar refractivity (Wildman–Crippen MR) is 298 cm³/mol. The predicted octanol–water partition coefficient (Wildman–Crippen LogP) is 21.0. The molecule has 410 valence electrons. The topological polar surface area (TPSA) is 78.9 Å². The zero-order valence-electron chi connectivity index (χ0n) is 47.3. The van der Waals surface area contributed by atoms with Gasteiger partial charge in [0.1, 0.15) is 13.2 Å². The number of esters is 3. The lowest BCUT2D eigenvalue weighted by Gasteiger charge is -2.18. The summed E-state index contributed by atoms with van der Waals surface area (Å²) in [7, 11) is 0. The Bertz CT molecular complexity index is 1040. The number of ether oxygens (including phenoxy) is 3. The van der Waals surface area contributed by atoms with Crippen molar-refractivity contribution < 1.29 is 28.6 Å². The molecular formula is C63H122O6. The average Bonchev–Trinajstić information content (AvgIpc) is 3.35. The normalized spacial score (nSPS) is 12.3. The van der Waals surface area contributed by atoms with E-state index in [1.807, 2.05) is 0 Å². The van der Waals surface area contributed by atoms with Crippen LogP contribution in [-0.4, -0.2) is 37.2 Å². The van der Waals surface area contributed by atoms with Gasteiger partial charge in [0.05, 0.1) is 0 Å². The summed E-state index contributed by atoms with van der Waals surface area (Å²) < 4.78 is 16.9. The van der Waals surface area contributed by atoms with Crippen molar-refractivity contribution in [2.75, 3.05) is 13.2 Å². The molecule has 0 N–H and O–H groups in total. The van der Waals surface area contributed by atoms with Crippen molar-refractivity contribution in [1.82, 2.24) is 0 Å². The molecule has 0 aliphatic heterocycles. The molecule has 2 atom stereocenters. The number of hydrogen-bond acceptors (Lipinski definition) is 6. The van der Waals surface area contributed by atoms with Gasteiger partial charge in [-0.15, -0.1) is 0 Å². The van der Waals surface area contributed by atoms with Crippen molar-refractivity contribution in [3.63, 3.8) is 0 Å². The molecule has 0 aromatic rings. The van der Waals surface area contributed by atoms with Gasteiger partial charge in [0.2, 0.25) is 0 Å². The Labute approximate surface area is 431 Å². The molecule has 0 aliphatic carbocycles.